The lowest BCUT2D eigenvalue weighted by Crippen LogP contribution is -2.58. The van der Waals surface area contributed by atoms with Gasteiger partial charge < -0.3 is 9.47 Å². The van der Waals surface area contributed by atoms with Crippen LogP contribution in [0.25, 0.3) is 0 Å². The fourth-order valence-electron chi connectivity index (χ4n) is 9.30. The second-order valence-electron chi connectivity index (χ2n) is 14.1. The molecule has 0 saturated heterocycles. The lowest BCUT2D eigenvalue weighted by Gasteiger charge is -2.61. The summed E-state index contributed by atoms with van der Waals surface area (Å²) in [5.74, 6) is -32.6. The van der Waals surface area contributed by atoms with Crippen molar-refractivity contribution >= 4 is 11.9 Å². The van der Waals surface area contributed by atoms with E-state index in [1.807, 2.05) is 13.8 Å². The van der Waals surface area contributed by atoms with E-state index < -0.39 is 76.9 Å². The topological polar surface area (TPSA) is 52.6 Å². The summed E-state index contributed by atoms with van der Waals surface area (Å²) < 4.78 is 193. The van der Waals surface area contributed by atoms with Crippen molar-refractivity contribution in [1.29, 1.82) is 0 Å². The van der Waals surface area contributed by atoms with Crippen LogP contribution >= 0.6 is 0 Å². The van der Waals surface area contributed by atoms with E-state index >= 15 is 0 Å². The van der Waals surface area contributed by atoms with Gasteiger partial charge in [-0.1, -0.05) is 13.8 Å². The fraction of sp³-hybridized carbons (Fsp3) is 0.931. The molecule has 0 aromatic rings. The van der Waals surface area contributed by atoms with E-state index in [1.54, 1.807) is 0 Å². The van der Waals surface area contributed by atoms with E-state index in [9.17, 15) is 71.1 Å². The van der Waals surface area contributed by atoms with Crippen molar-refractivity contribution in [3.8, 4) is 0 Å². The molecule has 0 heterocycles. The molecule has 0 spiro atoms. The van der Waals surface area contributed by atoms with Gasteiger partial charge in [0.2, 0.25) is 0 Å². The molecule has 0 aromatic heterocycles. The molecule has 0 N–H and O–H groups in total. The molecule has 0 aromatic carbocycles. The maximum Gasteiger partial charge on any atom is 0.460 e. The second kappa shape index (κ2) is 11.5. The Kier molecular flexibility index (Phi) is 9.25. The van der Waals surface area contributed by atoms with Gasteiger partial charge in [-0.2, -0.15) is 61.5 Å². The number of carbonyl (C=O) groups excluding carboxylic acids is 2. The third kappa shape index (κ3) is 5.76. The molecule has 4 saturated carbocycles. The van der Waals surface area contributed by atoms with Crippen molar-refractivity contribution in [2.45, 2.75) is 127 Å². The van der Waals surface area contributed by atoms with Gasteiger partial charge in [0.1, 0.15) is 12.2 Å². The molecule has 3 unspecified atom stereocenters. The van der Waals surface area contributed by atoms with Gasteiger partial charge in [-0.05, 0) is 99.2 Å². The summed E-state index contributed by atoms with van der Waals surface area (Å²) in [6, 6.07) is 0. The first-order valence-corrected chi connectivity index (χ1v) is 15.1. The molecule has 4 aliphatic rings. The lowest BCUT2D eigenvalue weighted by atomic mass is 9.44. The van der Waals surface area contributed by atoms with E-state index in [4.69, 9.17) is 0 Å². The lowest BCUT2D eigenvalue weighted by molar-refractivity contribution is -0.349. The average molecular weight is 713 g/mol. The summed E-state index contributed by atoms with van der Waals surface area (Å²) >= 11 is 0. The molecule has 9 atom stereocenters. The standard InChI is InChI=1S/C29H34F14O4/c1-13(46-20(44)24(30,31)26(34,35)28(38,39)40)17-6-7-18-16-5-4-14-12-15(8-10-22(14,2)19(16)9-11-23(17,18)3)47-21(45)25(32,33)27(36,37)29(41,42)43/h13-19H,4-12H2,1-3H3/t13-,14+,15+,16?,17+,18?,19?,22-,23+/m0/s1. The van der Waals surface area contributed by atoms with Crippen LogP contribution in [0.3, 0.4) is 0 Å². The van der Waals surface area contributed by atoms with Gasteiger partial charge in [0.25, 0.3) is 0 Å². The molecule has 0 aliphatic heterocycles. The Morgan fingerprint density at radius 2 is 1.13 bits per heavy atom. The van der Waals surface area contributed by atoms with Gasteiger partial charge in [0.15, 0.2) is 0 Å². The molecule has 0 radical (unpaired) electrons. The molecule has 47 heavy (non-hydrogen) atoms. The molecule has 0 amide bonds. The molecule has 4 rings (SSSR count). The molecule has 4 aliphatic carbocycles. The zero-order valence-corrected chi connectivity index (χ0v) is 25.3. The molecule has 0 bridgehead atoms. The van der Waals surface area contributed by atoms with E-state index in [0.717, 1.165) is 0 Å². The third-order valence-corrected chi connectivity index (χ3v) is 11.8. The summed E-state index contributed by atoms with van der Waals surface area (Å²) in [6.07, 6.45) is -13.3. The Morgan fingerprint density at radius 3 is 1.66 bits per heavy atom. The van der Waals surface area contributed by atoms with E-state index in [-0.39, 0.29) is 42.9 Å². The first kappa shape index (κ1) is 37.8. The minimum Gasteiger partial charge on any atom is -0.458 e. The molecular weight excluding hydrogens is 678 g/mol. The Morgan fingerprint density at radius 1 is 0.638 bits per heavy atom. The number of halogens is 14. The number of fused-ring (bicyclic) bond motifs is 5. The highest BCUT2D eigenvalue weighted by Gasteiger charge is 2.78. The van der Waals surface area contributed by atoms with Crippen LogP contribution in [0.4, 0.5) is 61.5 Å². The SMILES string of the molecule is C[C@H](OC(=O)C(F)(F)C(F)(F)C(F)(F)F)[C@H]1CCC2C3CC[C@@H]4C[C@H](OC(=O)C(F)(F)C(F)(F)C(F)(F)F)CC[C@]4(C)C3CC[C@@]21C. The van der Waals surface area contributed by atoms with Crippen LogP contribution < -0.4 is 0 Å². The highest BCUT2D eigenvalue weighted by Crippen LogP contribution is 2.68. The number of hydrogen-bond donors (Lipinski definition) is 0. The second-order valence-corrected chi connectivity index (χ2v) is 14.1. The van der Waals surface area contributed by atoms with Gasteiger partial charge in [0, 0.05) is 5.92 Å². The van der Waals surface area contributed by atoms with Crippen LogP contribution in [0.2, 0.25) is 0 Å². The summed E-state index contributed by atoms with van der Waals surface area (Å²) in [6.45, 7) is 4.92. The smallest absolute Gasteiger partial charge is 0.458 e. The largest absolute Gasteiger partial charge is 0.460 e. The van der Waals surface area contributed by atoms with Crippen molar-refractivity contribution in [2.75, 3.05) is 0 Å². The number of alkyl halides is 14. The van der Waals surface area contributed by atoms with Crippen LogP contribution in [0.15, 0.2) is 0 Å². The number of ether oxygens (including phenoxy) is 2. The van der Waals surface area contributed by atoms with Crippen LogP contribution in [0.5, 0.6) is 0 Å². The first-order chi connectivity index (χ1) is 21.1. The minimum absolute atomic E-state index is 0.00665. The number of rotatable bonds is 7. The van der Waals surface area contributed by atoms with Crippen LogP contribution in [-0.4, -0.2) is 60.2 Å². The zero-order chi connectivity index (χ0) is 36.0. The van der Waals surface area contributed by atoms with Crippen molar-refractivity contribution < 1.29 is 80.5 Å². The van der Waals surface area contributed by atoms with Crippen molar-refractivity contribution in [1.82, 2.24) is 0 Å². The average Bonchev–Trinajstić information content (AvgIpc) is 3.29. The van der Waals surface area contributed by atoms with Crippen LogP contribution in [0.1, 0.15) is 78.6 Å². The van der Waals surface area contributed by atoms with Gasteiger partial charge in [-0.3, -0.25) is 0 Å². The first-order valence-electron chi connectivity index (χ1n) is 15.1. The summed E-state index contributed by atoms with van der Waals surface area (Å²) in [7, 11) is 0. The summed E-state index contributed by atoms with van der Waals surface area (Å²) in [5.41, 5.74) is -1.15. The Hall–Kier alpha value is -2.04. The zero-order valence-electron chi connectivity index (χ0n) is 25.3. The monoisotopic (exact) mass is 712 g/mol. The number of carbonyl (C=O) groups is 2. The molecular formula is C29H34F14O4. The number of esters is 2. The van der Waals surface area contributed by atoms with Gasteiger partial charge in [-0.15, -0.1) is 0 Å². The van der Waals surface area contributed by atoms with E-state index in [2.05, 4.69) is 9.47 Å². The van der Waals surface area contributed by atoms with Crippen LogP contribution in [0, 0.1) is 40.4 Å². The number of hydrogen-bond acceptors (Lipinski definition) is 4. The predicted molar refractivity (Wildman–Crippen MR) is 133 cm³/mol. The summed E-state index contributed by atoms with van der Waals surface area (Å²) in [4.78, 5) is 23.8. The predicted octanol–water partition coefficient (Wildman–Crippen LogP) is 9.15. The maximum atomic E-state index is 14.0. The van der Waals surface area contributed by atoms with Crippen LogP contribution in [-0.2, 0) is 19.1 Å². The minimum atomic E-state index is -6.70. The normalized spacial score (nSPS) is 36.1. The van der Waals surface area contributed by atoms with Gasteiger partial charge in [0.05, 0.1) is 0 Å². The third-order valence-electron chi connectivity index (χ3n) is 11.8. The molecule has 272 valence electrons. The van der Waals surface area contributed by atoms with Gasteiger partial charge in [-0.25, -0.2) is 9.59 Å². The maximum absolute atomic E-state index is 14.0. The molecule has 4 fully saturated rings. The Labute approximate surface area is 260 Å². The van der Waals surface area contributed by atoms with Crippen molar-refractivity contribution in [2.24, 2.45) is 40.4 Å². The highest BCUT2D eigenvalue weighted by atomic mass is 19.4. The van der Waals surface area contributed by atoms with E-state index in [0.29, 0.717) is 38.5 Å². The molecule has 18 heteroatoms. The van der Waals surface area contributed by atoms with Crippen molar-refractivity contribution in [3.05, 3.63) is 0 Å². The molecule has 4 nitrogen and oxygen atoms in total. The Balaban J connectivity index is 1.43. The summed E-state index contributed by atoms with van der Waals surface area (Å²) in [5, 5.41) is 0. The Bertz CT molecular complexity index is 1220. The van der Waals surface area contributed by atoms with Crippen molar-refractivity contribution in [3.63, 3.8) is 0 Å². The quantitative estimate of drug-likeness (QED) is 0.195. The highest BCUT2D eigenvalue weighted by molar-refractivity contribution is 5.79. The fourth-order valence-corrected chi connectivity index (χ4v) is 9.30. The van der Waals surface area contributed by atoms with E-state index in [1.165, 1.54) is 6.92 Å². The van der Waals surface area contributed by atoms with Gasteiger partial charge >= 0.3 is 48.0 Å².